The summed E-state index contributed by atoms with van der Waals surface area (Å²) in [5.41, 5.74) is 11.9. The Balaban J connectivity index is 1.80. The number of methoxy groups -OCH3 is 1. The topological polar surface area (TPSA) is 76.8 Å². The lowest BCUT2D eigenvalue weighted by molar-refractivity contribution is 0.0698. The van der Waals surface area contributed by atoms with E-state index >= 15 is 0 Å². The summed E-state index contributed by atoms with van der Waals surface area (Å²) < 4.78 is 11.0. The number of carbonyl (C=O) groups is 1. The fraction of sp³-hybridized carbons (Fsp3) is 0.250. The Labute approximate surface area is 153 Å². The Bertz CT molecular complexity index is 816. The number of nitrogens with one attached hydrogen (secondary N) is 1. The molecule has 2 aromatic carbocycles. The number of rotatable bonds is 5. The molecule has 0 aliphatic carbocycles. The van der Waals surface area contributed by atoms with Crippen LogP contribution in [0.3, 0.4) is 0 Å². The van der Waals surface area contributed by atoms with E-state index in [0.29, 0.717) is 35.9 Å². The Morgan fingerprint density at radius 3 is 2.65 bits per heavy atom. The highest BCUT2D eigenvalue weighted by atomic mass is 16.5. The largest absolute Gasteiger partial charge is 0.493 e. The van der Waals surface area contributed by atoms with E-state index in [0.717, 1.165) is 17.7 Å². The second-order valence-electron chi connectivity index (χ2n) is 5.90. The highest BCUT2D eigenvalue weighted by Crippen LogP contribution is 2.31. The van der Waals surface area contributed by atoms with Crippen LogP contribution in [0.15, 0.2) is 48.5 Å². The predicted molar refractivity (Wildman–Crippen MR) is 102 cm³/mol. The second kappa shape index (κ2) is 7.82. The van der Waals surface area contributed by atoms with Crippen molar-refractivity contribution in [3.05, 3.63) is 59.7 Å². The highest BCUT2D eigenvalue weighted by molar-refractivity contribution is 5.95. The zero-order chi connectivity index (χ0) is 18.5. The number of nitrogens with two attached hydrogens (primary N) is 1. The molecule has 6 nitrogen and oxygen atoms in total. The van der Waals surface area contributed by atoms with Crippen LogP contribution in [0.4, 0.5) is 5.69 Å². The number of nitrogen functional groups attached to an aromatic ring is 1. The van der Waals surface area contributed by atoms with Crippen LogP contribution in [0.25, 0.3) is 5.70 Å². The van der Waals surface area contributed by atoms with Gasteiger partial charge in [-0.15, -0.1) is 0 Å². The van der Waals surface area contributed by atoms with Crippen molar-refractivity contribution in [1.82, 2.24) is 10.4 Å². The third-order valence-corrected chi connectivity index (χ3v) is 4.13. The van der Waals surface area contributed by atoms with Gasteiger partial charge in [0, 0.05) is 23.4 Å². The van der Waals surface area contributed by atoms with Gasteiger partial charge >= 0.3 is 0 Å². The summed E-state index contributed by atoms with van der Waals surface area (Å²) in [6.45, 7) is 3.08. The molecule has 1 aliphatic heterocycles. The summed E-state index contributed by atoms with van der Waals surface area (Å²) in [7, 11) is 1.61. The summed E-state index contributed by atoms with van der Waals surface area (Å²) >= 11 is 0. The average Bonchev–Trinajstić information content (AvgIpc) is 2.68. The first kappa shape index (κ1) is 17.7. The molecule has 1 aliphatic rings. The van der Waals surface area contributed by atoms with Crippen LogP contribution in [-0.4, -0.2) is 31.2 Å². The van der Waals surface area contributed by atoms with Crippen LogP contribution in [0.5, 0.6) is 11.5 Å². The Hall–Kier alpha value is -3.15. The van der Waals surface area contributed by atoms with Crippen LogP contribution in [0, 0.1) is 0 Å². The maximum atomic E-state index is 12.7. The van der Waals surface area contributed by atoms with Crippen molar-refractivity contribution >= 4 is 17.3 Å². The van der Waals surface area contributed by atoms with E-state index in [9.17, 15) is 4.79 Å². The van der Waals surface area contributed by atoms with Crippen molar-refractivity contribution in [2.75, 3.05) is 26.0 Å². The molecular formula is C20H23N3O3. The van der Waals surface area contributed by atoms with Gasteiger partial charge in [-0.3, -0.25) is 15.2 Å². The van der Waals surface area contributed by atoms with Gasteiger partial charge in [0.15, 0.2) is 11.5 Å². The van der Waals surface area contributed by atoms with E-state index in [4.69, 9.17) is 15.2 Å². The molecule has 0 atom stereocenters. The van der Waals surface area contributed by atoms with Crippen LogP contribution in [0.1, 0.15) is 29.3 Å². The van der Waals surface area contributed by atoms with Gasteiger partial charge in [0.1, 0.15) is 0 Å². The number of hydrogen-bond donors (Lipinski definition) is 2. The third-order valence-electron chi connectivity index (χ3n) is 4.13. The molecule has 0 bridgehead atoms. The minimum Gasteiger partial charge on any atom is -0.493 e. The second-order valence-corrected chi connectivity index (χ2v) is 5.90. The van der Waals surface area contributed by atoms with E-state index in [-0.39, 0.29) is 5.91 Å². The molecule has 0 aromatic heterocycles. The molecule has 3 N–H and O–H groups in total. The smallest absolute Gasteiger partial charge is 0.272 e. The molecule has 0 fully saturated rings. The number of anilines is 1. The van der Waals surface area contributed by atoms with Gasteiger partial charge in [-0.1, -0.05) is 6.08 Å². The zero-order valence-corrected chi connectivity index (χ0v) is 15.0. The monoisotopic (exact) mass is 353 g/mol. The molecule has 0 saturated heterocycles. The summed E-state index contributed by atoms with van der Waals surface area (Å²) in [6, 6.07) is 12.6. The van der Waals surface area contributed by atoms with Gasteiger partial charge in [0.25, 0.3) is 5.91 Å². The van der Waals surface area contributed by atoms with Crippen LogP contribution >= 0.6 is 0 Å². The standard InChI is InChI=1S/C20H23N3O3/c1-3-26-19-13-15(8-11-18(19)25-2)17-5-4-12-23(22-17)20(24)14-6-9-16(21)10-7-14/h5-11,13,22H,3-4,12,21H2,1-2H3. The Kier molecular flexibility index (Phi) is 5.31. The van der Waals surface area contributed by atoms with Gasteiger partial charge in [0.2, 0.25) is 0 Å². The van der Waals surface area contributed by atoms with Gasteiger partial charge in [0.05, 0.1) is 19.4 Å². The van der Waals surface area contributed by atoms with Crippen LogP contribution in [0.2, 0.25) is 0 Å². The molecule has 1 amide bonds. The average molecular weight is 353 g/mol. The fourth-order valence-corrected chi connectivity index (χ4v) is 2.81. The van der Waals surface area contributed by atoms with Crippen molar-refractivity contribution < 1.29 is 14.3 Å². The molecule has 3 rings (SSSR count). The van der Waals surface area contributed by atoms with Gasteiger partial charge in [-0.05, 0) is 55.8 Å². The lowest BCUT2D eigenvalue weighted by Gasteiger charge is -2.29. The Morgan fingerprint density at radius 2 is 1.96 bits per heavy atom. The fourth-order valence-electron chi connectivity index (χ4n) is 2.81. The van der Waals surface area contributed by atoms with Crippen molar-refractivity contribution in [3.63, 3.8) is 0 Å². The van der Waals surface area contributed by atoms with Gasteiger partial charge < -0.3 is 15.2 Å². The number of amides is 1. The van der Waals surface area contributed by atoms with Crippen molar-refractivity contribution in [2.24, 2.45) is 0 Å². The highest BCUT2D eigenvalue weighted by Gasteiger charge is 2.20. The van der Waals surface area contributed by atoms with Crippen molar-refractivity contribution in [1.29, 1.82) is 0 Å². The SMILES string of the molecule is CCOc1cc(C2=CCCN(C(=O)c3ccc(N)cc3)N2)ccc1OC. The first-order valence-corrected chi connectivity index (χ1v) is 8.57. The lowest BCUT2D eigenvalue weighted by atomic mass is 10.1. The molecule has 136 valence electrons. The van der Waals surface area contributed by atoms with E-state index in [1.165, 1.54) is 0 Å². The molecule has 2 aromatic rings. The van der Waals surface area contributed by atoms with Crippen molar-refractivity contribution in [3.8, 4) is 11.5 Å². The summed E-state index contributed by atoms with van der Waals surface area (Å²) in [6.07, 6.45) is 2.84. The molecule has 0 unspecified atom stereocenters. The van der Waals surface area contributed by atoms with Crippen molar-refractivity contribution in [2.45, 2.75) is 13.3 Å². The zero-order valence-electron chi connectivity index (χ0n) is 15.0. The number of ether oxygens (including phenoxy) is 2. The van der Waals surface area contributed by atoms with Gasteiger partial charge in [-0.25, -0.2) is 0 Å². The van der Waals surface area contributed by atoms with Crippen LogP contribution in [-0.2, 0) is 0 Å². The quantitative estimate of drug-likeness (QED) is 0.808. The van der Waals surface area contributed by atoms with E-state index in [1.807, 2.05) is 25.1 Å². The number of nitrogens with zero attached hydrogens (tertiary/aromatic N) is 1. The van der Waals surface area contributed by atoms with E-state index in [2.05, 4.69) is 11.5 Å². The minimum absolute atomic E-state index is 0.0888. The predicted octanol–water partition coefficient (Wildman–Crippen LogP) is 3.07. The summed E-state index contributed by atoms with van der Waals surface area (Å²) in [4.78, 5) is 12.7. The maximum absolute atomic E-state index is 12.7. The number of benzene rings is 2. The Morgan fingerprint density at radius 1 is 1.19 bits per heavy atom. The van der Waals surface area contributed by atoms with Crippen LogP contribution < -0.4 is 20.6 Å². The minimum atomic E-state index is -0.0888. The lowest BCUT2D eigenvalue weighted by Crippen LogP contribution is -2.44. The first-order valence-electron chi connectivity index (χ1n) is 8.57. The van der Waals surface area contributed by atoms with Gasteiger partial charge in [-0.2, -0.15) is 0 Å². The number of hydrazine groups is 1. The molecule has 0 radical (unpaired) electrons. The van der Waals surface area contributed by atoms with E-state index in [1.54, 1.807) is 36.4 Å². The number of hydrogen-bond acceptors (Lipinski definition) is 5. The molecule has 26 heavy (non-hydrogen) atoms. The summed E-state index contributed by atoms with van der Waals surface area (Å²) in [5, 5.41) is 1.62. The molecule has 6 heteroatoms. The number of carbonyl (C=O) groups excluding carboxylic acids is 1. The maximum Gasteiger partial charge on any atom is 0.272 e. The molecular weight excluding hydrogens is 330 g/mol. The molecule has 1 heterocycles. The van der Waals surface area contributed by atoms with E-state index < -0.39 is 0 Å². The summed E-state index contributed by atoms with van der Waals surface area (Å²) in [5.74, 6) is 1.27. The molecule has 0 spiro atoms. The molecule has 0 saturated carbocycles. The first-order chi connectivity index (χ1) is 12.6. The normalized spacial score (nSPS) is 13.6. The third kappa shape index (κ3) is 3.74.